The molecule has 4 heterocycles. The van der Waals surface area contributed by atoms with Gasteiger partial charge in [-0.3, -0.25) is 4.79 Å². The highest BCUT2D eigenvalue weighted by atomic mass is 19.1. The Bertz CT molecular complexity index is 1390. The SMILES string of the molecule is O=C(c1cc(-c2ccc(F)cc2)nc2ccccc12)N1CCC(Cc2nc(C3CCOCC3)no2)CC1. The number of benzene rings is 2. The van der Waals surface area contributed by atoms with E-state index >= 15 is 0 Å². The third-order valence-electron chi connectivity index (χ3n) is 7.52. The Morgan fingerprint density at radius 2 is 1.73 bits per heavy atom. The predicted octanol–water partition coefficient (Wildman–Crippen LogP) is 5.41. The van der Waals surface area contributed by atoms with Crippen molar-refractivity contribution in [3.63, 3.8) is 0 Å². The van der Waals surface area contributed by atoms with Gasteiger partial charge in [-0.25, -0.2) is 9.37 Å². The molecule has 0 unspecified atom stereocenters. The lowest BCUT2D eigenvalue weighted by Gasteiger charge is -2.32. The molecule has 0 bridgehead atoms. The number of aromatic nitrogens is 3. The fraction of sp³-hybridized carbons (Fsp3) is 0.379. The van der Waals surface area contributed by atoms with Crippen molar-refractivity contribution in [1.29, 1.82) is 0 Å². The van der Waals surface area contributed by atoms with Crippen LogP contribution in [-0.4, -0.2) is 52.2 Å². The molecule has 37 heavy (non-hydrogen) atoms. The smallest absolute Gasteiger partial charge is 0.254 e. The number of amides is 1. The van der Waals surface area contributed by atoms with Crippen molar-refractivity contribution in [2.75, 3.05) is 26.3 Å². The summed E-state index contributed by atoms with van der Waals surface area (Å²) in [6.07, 6.45) is 4.38. The molecule has 2 aliphatic rings. The molecular formula is C29H29FN4O3. The van der Waals surface area contributed by atoms with Crippen LogP contribution in [0, 0.1) is 11.7 Å². The summed E-state index contributed by atoms with van der Waals surface area (Å²) in [5, 5.41) is 5.05. The number of hydrogen-bond donors (Lipinski definition) is 0. The molecule has 6 rings (SSSR count). The Morgan fingerprint density at radius 3 is 2.51 bits per heavy atom. The van der Waals surface area contributed by atoms with E-state index in [0.717, 1.165) is 67.6 Å². The van der Waals surface area contributed by atoms with Crippen LogP contribution in [0.5, 0.6) is 0 Å². The van der Waals surface area contributed by atoms with E-state index < -0.39 is 0 Å². The normalized spacial score (nSPS) is 17.4. The largest absolute Gasteiger partial charge is 0.381 e. The highest BCUT2D eigenvalue weighted by molar-refractivity contribution is 6.07. The number of carbonyl (C=O) groups is 1. The molecule has 0 spiro atoms. The summed E-state index contributed by atoms with van der Waals surface area (Å²) in [6.45, 7) is 2.85. The van der Waals surface area contributed by atoms with Gasteiger partial charge in [0.2, 0.25) is 5.89 Å². The second-order valence-electron chi connectivity index (χ2n) is 9.95. The lowest BCUT2D eigenvalue weighted by atomic mass is 9.92. The predicted molar refractivity (Wildman–Crippen MR) is 137 cm³/mol. The van der Waals surface area contributed by atoms with Crippen LogP contribution < -0.4 is 0 Å². The second kappa shape index (κ2) is 10.4. The summed E-state index contributed by atoms with van der Waals surface area (Å²) in [5.74, 6) is 1.91. The van der Waals surface area contributed by atoms with Crippen LogP contribution in [0.15, 0.2) is 59.1 Å². The summed E-state index contributed by atoms with van der Waals surface area (Å²) < 4.78 is 24.5. The minimum Gasteiger partial charge on any atom is -0.381 e. The fourth-order valence-corrected chi connectivity index (χ4v) is 5.35. The number of hydrogen-bond acceptors (Lipinski definition) is 6. The molecule has 2 saturated heterocycles. The summed E-state index contributed by atoms with van der Waals surface area (Å²) in [6, 6.07) is 15.7. The minimum absolute atomic E-state index is 0.00000521. The van der Waals surface area contributed by atoms with E-state index in [1.54, 1.807) is 12.1 Å². The highest BCUT2D eigenvalue weighted by Crippen LogP contribution is 2.29. The topological polar surface area (TPSA) is 81.4 Å². The van der Waals surface area contributed by atoms with Gasteiger partial charge in [-0.05, 0) is 68.0 Å². The van der Waals surface area contributed by atoms with Gasteiger partial charge in [0.05, 0.1) is 16.8 Å². The number of para-hydroxylation sites is 1. The Balaban J connectivity index is 1.15. The van der Waals surface area contributed by atoms with Crippen molar-refractivity contribution in [1.82, 2.24) is 20.0 Å². The van der Waals surface area contributed by atoms with Crippen LogP contribution in [0.1, 0.15) is 53.7 Å². The van der Waals surface area contributed by atoms with Gasteiger partial charge in [0.25, 0.3) is 5.91 Å². The number of rotatable bonds is 5. The van der Waals surface area contributed by atoms with Crippen LogP contribution in [0.4, 0.5) is 4.39 Å². The zero-order valence-electron chi connectivity index (χ0n) is 20.6. The third-order valence-corrected chi connectivity index (χ3v) is 7.52. The molecule has 0 radical (unpaired) electrons. The molecule has 190 valence electrons. The number of piperidine rings is 1. The first kappa shape index (κ1) is 23.7. The number of halogens is 1. The van der Waals surface area contributed by atoms with Gasteiger partial charge in [0, 0.05) is 49.6 Å². The monoisotopic (exact) mass is 500 g/mol. The number of carbonyl (C=O) groups excluding carboxylic acids is 1. The lowest BCUT2D eigenvalue weighted by molar-refractivity contribution is 0.0689. The van der Waals surface area contributed by atoms with Crippen LogP contribution >= 0.6 is 0 Å². The number of ether oxygens (including phenoxy) is 1. The van der Waals surface area contributed by atoms with Crippen LogP contribution in [0.2, 0.25) is 0 Å². The number of pyridine rings is 1. The zero-order chi connectivity index (χ0) is 25.2. The van der Waals surface area contributed by atoms with Crippen LogP contribution in [0.25, 0.3) is 22.2 Å². The first-order valence-electron chi connectivity index (χ1n) is 13.0. The number of fused-ring (bicyclic) bond motifs is 1. The number of likely N-dealkylation sites (tertiary alicyclic amines) is 1. The van der Waals surface area contributed by atoms with E-state index in [9.17, 15) is 9.18 Å². The quantitative estimate of drug-likeness (QED) is 0.364. The van der Waals surface area contributed by atoms with Gasteiger partial charge in [0.15, 0.2) is 5.82 Å². The van der Waals surface area contributed by atoms with Gasteiger partial charge >= 0.3 is 0 Å². The van der Waals surface area contributed by atoms with Gasteiger partial charge < -0.3 is 14.2 Å². The van der Waals surface area contributed by atoms with Crippen molar-refractivity contribution >= 4 is 16.8 Å². The summed E-state index contributed by atoms with van der Waals surface area (Å²) >= 11 is 0. The van der Waals surface area contributed by atoms with E-state index in [1.165, 1.54) is 12.1 Å². The molecule has 7 nitrogen and oxygen atoms in total. The molecule has 2 aromatic heterocycles. The maximum atomic E-state index is 13.7. The summed E-state index contributed by atoms with van der Waals surface area (Å²) in [5.41, 5.74) is 2.81. The van der Waals surface area contributed by atoms with Crippen molar-refractivity contribution in [3.8, 4) is 11.3 Å². The Kier molecular flexibility index (Phi) is 6.66. The van der Waals surface area contributed by atoms with Gasteiger partial charge in [0.1, 0.15) is 5.82 Å². The Morgan fingerprint density at radius 1 is 0.973 bits per heavy atom. The zero-order valence-corrected chi connectivity index (χ0v) is 20.6. The molecule has 0 saturated carbocycles. The Labute approximate surface area is 214 Å². The van der Waals surface area contributed by atoms with Gasteiger partial charge in [-0.15, -0.1) is 0 Å². The minimum atomic E-state index is -0.302. The summed E-state index contributed by atoms with van der Waals surface area (Å²) in [4.78, 5) is 25.0. The van der Waals surface area contributed by atoms with Gasteiger partial charge in [-0.1, -0.05) is 23.4 Å². The average molecular weight is 501 g/mol. The number of nitrogens with zero attached hydrogens (tertiary/aromatic N) is 4. The van der Waals surface area contributed by atoms with Gasteiger partial charge in [-0.2, -0.15) is 4.98 Å². The maximum Gasteiger partial charge on any atom is 0.254 e. The second-order valence-corrected chi connectivity index (χ2v) is 9.95. The molecule has 4 aromatic rings. The molecule has 0 N–H and O–H groups in total. The van der Waals surface area contributed by atoms with Crippen molar-refractivity contribution < 1.29 is 18.4 Å². The first-order valence-corrected chi connectivity index (χ1v) is 13.0. The Hall–Kier alpha value is -3.65. The maximum absolute atomic E-state index is 13.7. The first-order chi connectivity index (χ1) is 18.1. The van der Waals surface area contributed by atoms with E-state index in [-0.39, 0.29) is 11.7 Å². The summed E-state index contributed by atoms with van der Waals surface area (Å²) in [7, 11) is 0. The van der Waals surface area contributed by atoms with Crippen LogP contribution in [0.3, 0.4) is 0 Å². The van der Waals surface area contributed by atoms with E-state index in [0.29, 0.717) is 42.1 Å². The standard InChI is InChI=1S/C29H29FN4O3/c30-22-7-5-20(6-8-22)26-18-24(23-3-1-2-4-25(23)31-26)29(35)34-13-9-19(10-14-34)17-27-32-28(33-37-27)21-11-15-36-16-12-21/h1-8,18-19,21H,9-17H2. The molecule has 1 amide bonds. The van der Waals surface area contributed by atoms with Crippen molar-refractivity contribution in [3.05, 3.63) is 77.7 Å². The fourth-order valence-electron chi connectivity index (χ4n) is 5.35. The third kappa shape index (κ3) is 5.11. The molecule has 2 aromatic carbocycles. The molecule has 8 heteroatoms. The highest BCUT2D eigenvalue weighted by Gasteiger charge is 2.28. The lowest BCUT2D eigenvalue weighted by Crippen LogP contribution is -2.39. The molecule has 2 fully saturated rings. The van der Waals surface area contributed by atoms with Crippen molar-refractivity contribution in [2.45, 2.75) is 38.0 Å². The van der Waals surface area contributed by atoms with E-state index in [1.807, 2.05) is 35.2 Å². The average Bonchev–Trinajstić information content (AvgIpc) is 3.42. The van der Waals surface area contributed by atoms with E-state index in [4.69, 9.17) is 14.2 Å². The molecule has 0 aliphatic carbocycles. The molecular weight excluding hydrogens is 471 g/mol. The van der Waals surface area contributed by atoms with Crippen LogP contribution in [-0.2, 0) is 11.2 Å². The van der Waals surface area contributed by atoms with E-state index in [2.05, 4.69) is 10.1 Å². The molecule has 0 atom stereocenters. The van der Waals surface area contributed by atoms with Crippen molar-refractivity contribution in [2.24, 2.45) is 5.92 Å². The molecule has 2 aliphatic heterocycles.